The Morgan fingerprint density at radius 3 is 2.81 bits per heavy atom. The van der Waals surface area contributed by atoms with E-state index in [1.54, 1.807) is 6.92 Å². The first-order chi connectivity index (χ1) is 12.8. The second-order valence-electron chi connectivity index (χ2n) is 5.32. The quantitative estimate of drug-likeness (QED) is 0.291. The fourth-order valence-corrected chi connectivity index (χ4v) is 1.96. The molecule has 1 aromatic carbocycles. The van der Waals surface area contributed by atoms with Crippen molar-refractivity contribution in [3.8, 4) is 6.01 Å². The van der Waals surface area contributed by atoms with Gasteiger partial charge in [-0.2, -0.15) is 4.98 Å². The van der Waals surface area contributed by atoms with E-state index in [0.717, 1.165) is 17.1 Å². The van der Waals surface area contributed by atoms with Crippen LogP contribution in [0.5, 0.6) is 6.01 Å². The fraction of sp³-hybridized carbons (Fsp3) is 0.188. The van der Waals surface area contributed by atoms with Gasteiger partial charge in [0, 0.05) is 12.4 Å². The average Bonchev–Trinajstić information content (AvgIpc) is 2.66. The van der Waals surface area contributed by atoms with Crippen LogP contribution in [-0.4, -0.2) is 27.5 Å². The first-order valence-corrected chi connectivity index (χ1v) is 7.54. The van der Waals surface area contributed by atoms with Gasteiger partial charge in [0.25, 0.3) is 6.43 Å². The third-order valence-corrected chi connectivity index (χ3v) is 3.34. The zero-order chi connectivity index (χ0) is 20.0. The van der Waals surface area contributed by atoms with E-state index in [1.165, 1.54) is 24.5 Å². The average molecular weight is 382 g/mol. The number of anilines is 1. The van der Waals surface area contributed by atoms with Gasteiger partial charge in [-0.15, -0.1) is 0 Å². The van der Waals surface area contributed by atoms with Crippen LogP contribution in [-0.2, 0) is 0 Å². The summed E-state index contributed by atoms with van der Waals surface area (Å²) in [5, 5.41) is 12.7. The molecular formula is C16H17F3N6O2. The van der Waals surface area contributed by atoms with Crippen LogP contribution in [0.4, 0.5) is 18.9 Å². The summed E-state index contributed by atoms with van der Waals surface area (Å²) in [5.41, 5.74) is 5.88. The molecule has 5 N–H and O–H groups in total. The Labute approximate surface area is 152 Å². The monoisotopic (exact) mass is 382 g/mol. The number of rotatable bonds is 7. The highest BCUT2D eigenvalue weighted by Gasteiger charge is 2.15. The largest absolute Gasteiger partial charge is 0.457 e. The van der Waals surface area contributed by atoms with Gasteiger partial charge in [0.1, 0.15) is 18.1 Å². The third-order valence-electron chi connectivity index (χ3n) is 3.34. The number of alkyl halides is 2. The molecule has 0 aliphatic heterocycles. The van der Waals surface area contributed by atoms with Crippen molar-refractivity contribution in [2.75, 3.05) is 11.6 Å². The lowest BCUT2D eigenvalue weighted by atomic mass is 10.2. The number of hydrazine groups is 1. The van der Waals surface area contributed by atoms with Gasteiger partial charge in [0.15, 0.2) is 0 Å². The van der Waals surface area contributed by atoms with E-state index in [9.17, 15) is 13.2 Å². The molecule has 0 radical (unpaired) electrons. The van der Waals surface area contributed by atoms with Crippen molar-refractivity contribution in [1.29, 1.82) is 0 Å². The van der Waals surface area contributed by atoms with Crippen molar-refractivity contribution in [3.05, 3.63) is 59.4 Å². The van der Waals surface area contributed by atoms with E-state index in [1.807, 2.05) is 0 Å². The minimum absolute atomic E-state index is 0.0165. The summed E-state index contributed by atoms with van der Waals surface area (Å²) in [6.45, 7) is 1.39. The Balaban J connectivity index is 2.06. The summed E-state index contributed by atoms with van der Waals surface area (Å²) in [6.07, 6.45) is -0.336. The summed E-state index contributed by atoms with van der Waals surface area (Å²) >= 11 is 0. The Hall–Kier alpha value is -3.34. The maximum atomic E-state index is 13.3. The molecule has 0 bridgehead atoms. The lowest BCUT2D eigenvalue weighted by molar-refractivity contribution is 0.146. The molecular weight excluding hydrogens is 365 g/mol. The number of nitrogens with two attached hydrogens (primary N) is 2. The third kappa shape index (κ3) is 5.31. The van der Waals surface area contributed by atoms with E-state index in [4.69, 9.17) is 21.5 Å². The molecule has 2 rings (SSSR count). The standard InChI is InChI=1S/C16H17F3N6O2/c1-9(24-26)14-4-5-22-16(23-14)27-8-10(20)7-25(21)11-2-3-13(17)12(6-11)15(18)19/h2-7,15,26H,8,20-21H2,1H3/b10-7-,24-9-. The molecule has 0 spiro atoms. The number of hydrogen-bond acceptors (Lipinski definition) is 8. The second-order valence-corrected chi connectivity index (χ2v) is 5.32. The van der Waals surface area contributed by atoms with E-state index >= 15 is 0 Å². The fourth-order valence-electron chi connectivity index (χ4n) is 1.96. The molecule has 144 valence electrons. The minimum atomic E-state index is -2.97. The Kier molecular flexibility index (Phi) is 6.55. The zero-order valence-electron chi connectivity index (χ0n) is 14.2. The maximum Gasteiger partial charge on any atom is 0.317 e. The number of nitrogens with zero attached hydrogens (tertiary/aromatic N) is 4. The number of oxime groups is 1. The van der Waals surface area contributed by atoms with Crippen LogP contribution >= 0.6 is 0 Å². The molecule has 0 aliphatic carbocycles. The molecule has 27 heavy (non-hydrogen) atoms. The van der Waals surface area contributed by atoms with Crippen LogP contribution in [0, 0.1) is 5.82 Å². The van der Waals surface area contributed by atoms with Gasteiger partial charge >= 0.3 is 6.01 Å². The van der Waals surface area contributed by atoms with E-state index < -0.39 is 17.8 Å². The number of ether oxygens (including phenoxy) is 1. The van der Waals surface area contributed by atoms with Crippen molar-refractivity contribution >= 4 is 11.4 Å². The SMILES string of the molecule is C/C(=N/O)c1ccnc(OC/C(N)=C/N(N)c2ccc(F)c(C(F)F)c2)n1. The predicted octanol–water partition coefficient (Wildman–Crippen LogP) is 2.31. The summed E-state index contributed by atoms with van der Waals surface area (Å²) in [4.78, 5) is 7.90. The zero-order valence-corrected chi connectivity index (χ0v) is 14.2. The molecule has 0 saturated carbocycles. The second kappa shape index (κ2) is 8.85. The van der Waals surface area contributed by atoms with Crippen LogP contribution in [0.15, 0.2) is 47.5 Å². The van der Waals surface area contributed by atoms with Crippen LogP contribution < -0.4 is 21.3 Å². The molecule has 0 saturated heterocycles. The lowest BCUT2D eigenvalue weighted by Crippen LogP contribution is -2.27. The van der Waals surface area contributed by atoms with Crippen molar-refractivity contribution in [2.45, 2.75) is 13.3 Å². The smallest absolute Gasteiger partial charge is 0.317 e. The van der Waals surface area contributed by atoms with E-state index in [-0.39, 0.29) is 29.7 Å². The van der Waals surface area contributed by atoms with Crippen molar-refractivity contribution in [3.63, 3.8) is 0 Å². The first-order valence-electron chi connectivity index (χ1n) is 7.54. The summed E-state index contributed by atoms with van der Waals surface area (Å²) in [6, 6.07) is 4.56. The highest BCUT2D eigenvalue weighted by Crippen LogP contribution is 2.26. The Morgan fingerprint density at radius 1 is 1.41 bits per heavy atom. The van der Waals surface area contributed by atoms with Crippen LogP contribution in [0.25, 0.3) is 0 Å². The van der Waals surface area contributed by atoms with Gasteiger partial charge in [-0.3, -0.25) is 5.01 Å². The molecule has 0 aliphatic rings. The maximum absolute atomic E-state index is 13.3. The van der Waals surface area contributed by atoms with E-state index in [0.29, 0.717) is 5.69 Å². The summed E-state index contributed by atoms with van der Waals surface area (Å²) < 4.78 is 44.2. The molecule has 1 aromatic heterocycles. The Bertz CT molecular complexity index is 860. The summed E-state index contributed by atoms with van der Waals surface area (Å²) in [5.74, 6) is 4.72. The van der Waals surface area contributed by atoms with Gasteiger partial charge in [-0.05, 0) is 31.2 Å². The molecule has 0 fully saturated rings. The van der Waals surface area contributed by atoms with Crippen LogP contribution in [0.2, 0.25) is 0 Å². The molecule has 11 heteroatoms. The normalized spacial score (nSPS) is 12.4. The van der Waals surface area contributed by atoms with Gasteiger partial charge in [-0.25, -0.2) is 24.0 Å². The van der Waals surface area contributed by atoms with Gasteiger partial charge < -0.3 is 15.7 Å². The van der Waals surface area contributed by atoms with Gasteiger partial charge in [0.05, 0.1) is 22.6 Å². The van der Waals surface area contributed by atoms with Crippen LogP contribution in [0.3, 0.4) is 0 Å². The number of benzene rings is 1. The Morgan fingerprint density at radius 2 is 2.15 bits per heavy atom. The number of hydrogen-bond donors (Lipinski definition) is 3. The highest BCUT2D eigenvalue weighted by atomic mass is 19.3. The molecule has 2 aromatic rings. The molecule has 1 heterocycles. The van der Waals surface area contributed by atoms with Crippen molar-refractivity contribution in [1.82, 2.24) is 9.97 Å². The molecule has 0 unspecified atom stereocenters. The van der Waals surface area contributed by atoms with Gasteiger partial charge in [-0.1, -0.05) is 5.16 Å². The van der Waals surface area contributed by atoms with Crippen molar-refractivity contribution in [2.24, 2.45) is 16.7 Å². The predicted molar refractivity (Wildman–Crippen MR) is 91.8 cm³/mol. The molecule has 8 nitrogen and oxygen atoms in total. The summed E-state index contributed by atoms with van der Waals surface area (Å²) in [7, 11) is 0. The highest BCUT2D eigenvalue weighted by molar-refractivity contribution is 5.96. The van der Waals surface area contributed by atoms with Crippen LogP contribution in [0.1, 0.15) is 24.6 Å². The van der Waals surface area contributed by atoms with E-state index in [2.05, 4.69) is 15.1 Å². The molecule has 0 atom stereocenters. The lowest BCUT2D eigenvalue weighted by Gasteiger charge is -2.16. The van der Waals surface area contributed by atoms with Gasteiger partial charge in [0.2, 0.25) is 0 Å². The minimum Gasteiger partial charge on any atom is -0.457 e. The number of halogens is 3. The number of aromatic nitrogens is 2. The molecule has 0 amide bonds. The first kappa shape index (κ1) is 20.0. The van der Waals surface area contributed by atoms with Crippen molar-refractivity contribution < 1.29 is 23.1 Å². The topological polar surface area (TPSA) is 123 Å².